The van der Waals surface area contributed by atoms with E-state index in [1.54, 1.807) is 0 Å². The highest BCUT2D eigenvalue weighted by Crippen LogP contribution is 2.19. The first kappa shape index (κ1) is 15.4. The molecular formula is C18H29NO. The van der Waals surface area contributed by atoms with Crippen LogP contribution in [0.2, 0.25) is 0 Å². The summed E-state index contributed by atoms with van der Waals surface area (Å²) in [6.45, 7) is 4.03. The highest BCUT2D eigenvalue weighted by Gasteiger charge is 2.12. The molecule has 0 amide bonds. The van der Waals surface area contributed by atoms with E-state index in [4.69, 9.17) is 4.74 Å². The van der Waals surface area contributed by atoms with Crippen molar-refractivity contribution >= 4 is 0 Å². The maximum atomic E-state index is 5.81. The van der Waals surface area contributed by atoms with Crippen LogP contribution in [0.3, 0.4) is 0 Å². The maximum absolute atomic E-state index is 5.81. The summed E-state index contributed by atoms with van der Waals surface area (Å²) >= 11 is 0. The third-order valence-electron chi connectivity index (χ3n) is 4.12. The van der Waals surface area contributed by atoms with Crippen LogP contribution in [0.4, 0.5) is 0 Å². The van der Waals surface area contributed by atoms with Gasteiger partial charge in [0.2, 0.25) is 0 Å². The van der Waals surface area contributed by atoms with Crippen molar-refractivity contribution in [1.82, 2.24) is 5.32 Å². The van der Waals surface area contributed by atoms with Gasteiger partial charge in [-0.25, -0.2) is 0 Å². The zero-order valence-electron chi connectivity index (χ0n) is 12.9. The standard InChI is InChI=1S/C18H29NO/c1-2-3-7-13-20-18-12-8-9-16(14-18)15-19-17-10-5-4-6-11-17/h8-9,12,14,17,19H,2-7,10-11,13,15H2,1H3. The van der Waals surface area contributed by atoms with Crippen molar-refractivity contribution in [3.05, 3.63) is 29.8 Å². The van der Waals surface area contributed by atoms with Gasteiger partial charge >= 0.3 is 0 Å². The molecule has 0 unspecified atom stereocenters. The number of ether oxygens (including phenoxy) is 1. The molecule has 2 heteroatoms. The van der Waals surface area contributed by atoms with E-state index in [2.05, 4.69) is 36.5 Å². The van der Waals surface area contributed by atoms with E-state index in [1.807, 2.05) is 0 Å². The zero-order chi connectivity index (χ0) is 14.0. The minimum Gasteiger partial charge on any atom is -0.494 e. The fraction of sp³-hybridized carbons (Fsp3) is 0.667. The van der Waals surface area contributed by atoms with Gasteiger partial charge < -0.3 is 10.1 Å². The summed E-state index contributed by atoms with van der Waals surface area (Å²) in [5.74, 6) is 1.02. The molecule has 0 aliphatic heterocycles. The second-order valence-corrected chi connectivity index (χ2v) is 5.92. The van der Waals surface area contributed by atoms with Gasteiger partial charge in [-0.2, -0.15) is 0 Å². The molecule has 0 bridgehead atoms. The molecule has 0 aromatic heterocycles. The molecule has 0 heterocycles. The van der Waals surface area contributed by atoms with Crippen LogP contribution in [-0.4, -0.2) is 12.6 Å². The second kappa shape index (κ2) is 9.02. The molecule has 1 fully saturated rings. The quantitative estimate of drug-likeness (QED) is 0.696. The van der Waals surface area contributed by atoms with Crippen molar-refractivity contribution in [1.29, 1.82) is 0 Å². The molecule has 2 nitrogen and oxygen atoms in total. The fourth-order valence-corrected chi connectivity index (χ4v) is 2.86. The smallest absolute Gasteiger partial charge is 0.119 e. The van der Waals surface area contributed by atoms with Gasteiger partial charge in [-0.15, -0.1) is 0 Å². The lowest BCUT2D eigenvalue weighted by Gasteiger charge is -2.23. The van der Waals surface area contributed by atoms with Gasteiger partial charge in [-0.1, -0.05) is 51.2 Å². The van der Waals surface area contributed by atoms with Gasteiger partial charge in [-0.3, -0.25) is 0 Å². The molecule has 1 aliphatic rings. The fourth-order valence-electron chi connectivity index (χ4n) is 2.86. The molecule has 0 saturated heterocycles. The largest absolute Gasteiger partial charge is 0.494 e. The molecule has 1 aliphatic carbocycles. The van der Waals surface area contributed by atoms with E-state index in [0.717, 1.165) is 31.4 Å². The van der Waals surface area contributed by atoms with Crippen LogP contribution in [0.15, 0.2) is 24.3 Å². The van der Waals surface area contributed by atoms with Crippen molar-refractivity contribution < 1.29 is 4.74 Å². The lowest BCUT2D eigenvalue weighted by Crippen LogP contribution is -2.30. The van der Waals surface area contributed by atoms with Gasteiger partial charge in [0.05, 0.1) is 6.61 Å². The molecule has 0 radical (unpaired) electrons. The van der Waals surface area contributed by atoms with E-state index in [-0.39, 0.29) is 0 Å². The summed E-state index contributed by atoms with van der Waals surface area (Å²) in [7, 11) is 0. The summed E-state index contributed by atoms with van der Waals surface area (Å²) in [4.78, 5) is 0. The van der Waals surface area contributed by atoms with Gasteiger partial charge in [0.1, 0.15) is 5.75 Å². The van der Waals surface area contributed by atoms with Crippen LogP contribution in [0.25, 0.3) is 0 Å². The minimum absolute atomic E-state index is 0.720. The normalized spacial score (nSPS) is 16.2. The molecular weight excluding hydrogens is 246 g/mol. The summed E-state index contributed by atoms with van der Waals surface area (Å²) in [5.41, 5.74) is 1.34. The van der Waals surface area contributed by atoms with Crippen molar-refractivity contribution in [3.8, 4) is 5.75 Å². The number of rotatable bonds is 8. The summed E-state index contributed by atoms with van der Waals surface area (Å²) in [5, 5.41) is 3.69. The van der Waals surface area contributed by atoms with E-state index in [0.29, 0.717) is 0 Å². The van der Waals surface area contributed by atoms with Gasteiger partial charge in [0.15, 0.2) is 0 Å². The Bertz CT molecular complexity index is 371. The van der Waals surface area contributed by atoms with Crippen LogP contribution < -0.4 is 10.1 Å². The Labute approximate surface area is 123 Å². The van der Waals surface area contributed by atoms with Crippen molar-refractivity contribution in [2.45, 2.75) is 70.9 Å². The number of hydrogen-bond donors (Lipinski definition) is 1. The third kappa shape index (κ3) is 5.54. The van der Waals surface area contributed by atoms with Gasteiger partial charge in [0.25, 0.3) is 0 Å². The maximum Gasteiger partial charge on any atom is 0.119 e. The predicted octanol–water partition coefficient (Wildman–Crippen LogP) is 4.68. The average Bonchev–Trinajstić information content (AvgIpc) is 2.51. The van der Waals surface area contributed by atoms with Gasteiger partial charge in [-0.05, 0) is 37.0 Å². The third-order valence-corrected chi connectivity index (χ3v) is 4.12. The van der Waals surface area contributed by atoms with Crippen LogP contribution in [0.5, 0.6) is 5.75 Å². The minimum atomic E-state index is 0.720. The van der Waals surface area contributed by atoms with Crippen molar-refractivity contribution in [3.63, 3.8) is 0 Å². The SMILES string of the molecule is CCCCCOc1cccc(CNC2CCCCC2)c1. The predicted molar refractivity (Wildman–Crippen MR) is 85.2 cm³/mol. The number of unbranched alkanes of at least 4 members (excludes halogenated alkanes) is 2. The Hall–Kier alpha value is -1.02. The Morgan fingerprint density at radius 1 is 1.15 bits per heavy atom. The molecule has 1 aromatic carbocycles. The Morgan fingerprint density at radius 3 is 2.80 bits per heavy atom. The molecule has 0 spiro atoms. The number of benzene rings is 1. The Balaban J connectivity index is 1.73. The monoisotopic (exact) mass is 275 g/mol. The molecule has 1 saturated carbocycles. The van der Waals surface area contributed by atoms with E-state index in [9.17, 15) is 0 Å². The molecule has 20 heavy (non-hydrogen) atoms. The van der Waals surface area contributed by atoms with Crippen molar-refractivity contribution in [2.24, 2.45) is 0 Å². The average molecular weight is 275 g/mol. The topological polar surface area (TPSA) is 21.3 Å². The highest BCUT2D eigenvalue weighted by molar-refractivity contribution is 5.28. The first-order valence-corrected chi connectivity index (χ1v) is 8.33. The van der Waals surface area contributed by atoms with Crippen LogP contribution >= 0.6 is 0 Å². The highest BCUT2D eigenvalue weighted by atomic mass is 16.5. The Morgan fingerprint density at radius 2 is 2.00 bits per heavy atom. The molecule has 0 atom stereocenters. The van der Waals surface area contributed by atoms with Crippen LogP contribution in [0, 0.1) is 0 Å². The van der Waals surface area contributed by atoms with Crippen LogP contribution in [0.1, 0.15) is 63.9 Å². The van der Waals surface area contributed by atoms with E-state index in [1.165, 1.54) is 50.5 Å². The molecule has 112 valence electrons. The summed E-state index contributed by atoms with van der Waals surface area (Å²) in [6.07, 6.45) is 10.5. The Kier molecular flexibility index (Phi) is 6.93. The van der Waals surface area contributed by atoms with Crippen molar-refractivity contribution in [2.75, 3.05) is 6.61 Å². The van der Waals surface area contributed by atoms with E-state index >= 15 is 0 Å². The van der Waals surface area contributed by atoms with Gasteiger partial charge in [0, 0.05) is 12.6 Å². The number of hydrogen-bond acceptors (Lipinski definition) is 2. The lowest BCUT2D eigenvalue weighted by molar-refractivity contribution is 0.305. The molecule has 2 rings (SSSR count). The molecule has 1 N–H and O–H groups in total. The molecule has 1 aromatic rings. The summed E-state index contributed by atoms with van der Waals surface area (Å²) < 4.78 is 5.81. The van der Waals surface area contributed by atoms with E-state index < -0.39 is 0 Å². The van der Waals surface area contributed by atoms with Crippen LogP contribution in [-0.2, 0) is 6.54 Å². The summed E-state index contributed by atoms with van der Waals surface area (Å²) in [6, 6.07) is 9.26. The first-order valence-electron chi connectivity index (χ1n) is 8.33. The number of nitrogens with one attached hydrogen (secondary N) is 1. The second-order valence-electron chi connectivity index (χ2n) is 5.92. The zero-order valence-corrected chi connectivity index (χ0v) is 12.9. The lowest BCUT2D eigenvalue weighted by atomic mass is 9.95. The first-order chi connectivity index (χ1) is 9.88.